The number of alkyl halides is 1. The third kappa shape index (κ3) is 4.00. The highest BCUT2D eigenvalue weighted by Gasteiger charge is 2.04. The van der Waals surface area contributed by atoms with E-state index in [2.05, 4.69) is 16.5 Å². The zero-order valence-corrected chi connectivity index (χ0v) is 9.20. The predicted octanol–water partition coefficient (Wildman–Crippen LogP) is 2.15. The molecule has 0 unspecified atom stereocenters. The van der Waals surface area contributed by atoms with Crippen molar-refractivity contribution in [2.75, 3.05) is 17.9 Å². The molecule has 0 radical (unpaired) electrons. The van der Waals surface area contributed by atoms with Gasteiger partial charge >= 0.3 is 0 Å². The van der Waals surface area contributed by atoms with Crippen LogP contribution in [0.4, 0.5) is 0 Å². The van der Waals surface area contributed by atoms with Crippen LogP contribution in [0.1, 0.15) is 18.2 Å². The summed E-state index contributed by atoms with van der Waals surface area (Å²) in [6, 6.07) is 0. The molecule has 0 bridgehead atoms. The van der Waals surface area contributed by atoms with Gasteiger partial charge in [0.25, 0.3) is 0 Å². The van der Waals surface area contributed by atoms with Crippen LogP contribution in [0.5, 0.6) is 0 Å². The number of hydrogen-bond donors (Lipinski definition) is 0. The lowest BCUT2D eigenvalue weighted by Crippen LogP contribution is -1.86. The number of halogens is 1. The molecule has 0 aliphatic rings. The van der Waals surface area contributed by atoms with Crippen LogP contribution in [0.3, 0.4) is 0 Å². The van der Waals surface area contributed by atoms with Gasteiger partial charge < -0.3 is 4.42 Å². The lowest BCUT2D eigenvalue weighted by Gasteiger charge is -1.90. The number of thioether (sulfide) groups is 1. The fraction of sp³-hybridized carbons (Fsp3) is 0.750. The maximum atomic E-state index is 5.55. The number of aromatic nitrogens is 2. The predicted molar refractivity (Wildman–Crippen MR) is 55.4 cm³/mol. The average Bonchev–Trinajstić information content (AvgIpc) is 2.59. The molecule has 0 aliphatic heterocycles. The molecule has 0 spiro atoms. The van der Waals surface area contributed by atoms with Gasteiger partial charge in [-0.2, -0.15) is 11.8 Å². The van der Waals surface area contributed by atoms with E-state index in [0.717, 1.165) is 30.9 Å². The smallest absolute Gasteiger partial charge is 0.217 e. The highest BCUT2D eigenvalue weighted by atomic mass is 35.5. The van der Waals surface area contributed by atoms with Crippen LogP contribution in [0.2, 0.25) is 0 Å². The number of hydrogen-bond acceptors (Lipinski definition) is 4. The monoisotopic (exact) mass is 220 g/mol. The average molecular weight is 221 g/mol. The van der Waals surface area contributed by atoms with E-state index in [1.165, 1.54) is 0 Å². The fourth-order valence-corrected chi connectivity index (χ4v) is 1.41. The first-order chi connectivity index (χ1) is 6.36. The molecule has 1 heterocycles. The molecule has 1 rings (SSSR count). The highest BCUT2D eigenvalue weighted by molar-refractivity contribution is 7.98. The second kappa shape index (κ2) is 6.27. The summed E-state index contributed by atoms with van der Waals surface area (Å²) in [5.74, 6) is 3.11. The molecule has 5 heteroatoms. The van der Waals surface area contributed by atoms with Gasteiger partial charge in [0.05, 0.1) is 0 Å². The Hall–Kier alpha value is -0.220. The second-order valence-corrected chi connectivity index (χ2v) is 3.99. The van der Waals surface area contributed by atoms with Crippen LogP contribution in [-0.4, -0.2) is 28.1 Å². The van der Waals surface area contributed by atoms with Gasteiger partial charge in [-0.1, -0.05) is 0 Å². The minimum Gasteiger partial charge on any atom is -0.425 e. The van der Waals surface area contributed by atoms with Gasteiger partial charge in [-0.3, -0.25) is 0 Å². The first kappa shape index (κ1) is 10.9. The van der Waals surface area contributed by atoms with E-state index in [1.54, 1.807) is 11.8 Å². The lowest BCUT2D eigenvalue weighted by molar-refractivity contribution is 0.453. The third-order valence-corrected chi connectivity index (χ3v) is 2.43. The van der Waals surface area contributed by atoms with E-state index < -0.39 is 0 Å². The van der Waals surface area contributed by atoms with E-state index >= 15 is 0 Å². The van der Waals surface area contributed by atoms with Gasteiger partial charge in [-0.15, -0.1) is 21.8 Å². The molecule has 0 aliphatic carbocycles. The Bertz CT molecular complexity index is 219. The molecular formula is C8H13ClN2OS. The molecule has 0 amide bonds. The van der Waals surface area contributed by atoms with Crippen molar-refractivity contribution in [2.45, 2.75) is 19.3 Å². The Labute approximate surface area is 87.2 Å². The zero-order valence-electron chi connectivity index (χ0n) is 7.62. The highest BCUT2D eigenvalue weighted by Crippen LogP contribution is 2.06. The lowest BCUT2D eigenvalue weighted by atomic mass is 10.3. The van der Waals surface area contributed by atoms with Crippen molar-refractivity contribution in [1.29, 1.82) is 0 Å². The van der Waals surface area contributed by atoms with Gasteiger partial charge in [0.1, 0.15) is 0 Å². The summed E-state index contributed by atoms with van der Waals surface area (Å²) in [5.41, 5.74) is 0. The molecule has 0 fully saturated rings. The largest absolute Gasteiger partial charge is 0.425 e. The van der Waals surface area contributed by atoms with Gasteiger partial charge in [0, 0.05) is 24.5 Å². The van der Waals surface area contributed by atoms with Gasteiger partial charge in [-0.25, -0.2) is 0 Å². The standard InChI is InChI=1S/C8H13ClN2OS/c1-13-6-4-8-11-10-7(12-8)3-2-5-9/h2-6H2,1H3. The Morgan fingerprint density at radius 1 is 1.31 bits per heavy atom. The molecule has 13 heavy (non-hydrogen) atoms. The van der Waals surface area contributed by atoms with Crippen molar-refractivity contribution in [3.63, 3.8) is 0 Å². The van der Waals surface area contributed by atoms with Crippen LogP contribution in [0, 0.1) is 0 Å². The van der Waals surface area contributed by atoms with Gasteiger partial charge in [-0.05, 0) is 12.7 Å². The Morgan fingerprint density at radius 2 is 2.00 bits per heavy atom. The topological polar surface area (TPSA) is 38.9 Å². The van der Waals surface area contributed by atoms with Crippen molar-refractivity contribution < 1.29 is 4.42 Å². The minimum atomic E-state index is 0.641. The molecular weight excluding hydrogens is 208 g/mol. The Kier molecular flexibility index (Phi) is 5.23. The number of aryl methyl sites for hydroxylation is 2. The molecule has 0 atom stereocenters. The molecule has 0 N–H and O–H groups in total. The maximum Gasteiger partial charge on any atom is 0.217 e. The minimum absolute atomic E-state index is 0.641. The molecule has 0 aromatic carbocycles. The van der Waals surface area contributed by atoms with Crippen LogP contribution >= 0.6 is 23.4 Å². The van der Waals surface area contributed by atoms with E-state index in [4.69, 9.17) is 16.0 Å². The summed E-state index contributed by atoms with van der Waals surface area (Å²) in [6.45, 7) is 0. The van der Waals surface area contributed by atoms with E-state index in [1.807, 2.05) is 0 Å². The normalized spacial score (nSPS) is 10.6. The fourth-order valence-electron chi connectivity index (χ4n) is 0.898. The van der Waals surface area contributed by atoms with Gasteiger partial charge in [0.2, 0.25) is 11.8 Å². The number of nitrogens with zero attached hydrogens (tertiary/aromatic N) is 2. The molecule has 3 nitrogen and oxygen atoms in total. The van der Waals surface area contributed by atoms with E-state index in [-0.39, 0.29) is 0 Å². The molecule has 1 aromatic heterocycles. The van der Waals surface area contributed by atoms with E-state index in [0.29, 0.717) is 11.8 Å². The van der Waals surface area contributed by atoms with Crippen LogP contribution in [-0.2, 0) is 12.8 Å². The summed E-state index contributed by atoms with van der Waals surface area (Å²) < 4.78 is 5.39. The quantitative estimate of drug-likeness (QED) is 0.689. The zero-order chi connectivity index (χ0) is 9.52. The van der Waals surface area contributed by atoms with Crippen LogP contribution in [0.25, 0.3) is 0 Å². The van der Waals surface area contributed by atoms with Crippen molar-refractivity contribution in [3.8, 4) is 0 Å². The SMILES string of the molecule is CSCCc1nnc(CCCCl)o1. The first-order valence-electron chi connectivity index (χ1n) is 4.23. The summed E-state index contributed by atoms with van der Waals surface area (Å²) in [5, 5.41) is 7.86. The second-order valence-electron chi connectivity index (χ2n) is 2.62. The Balaban J connectivity index is 2.34. The molecule has 74 valence electrons. The maximum absolute atomic E-state index is 5.55. The van der Waals surface area contributed by atoms with Crippen molar-refractivity contribution >= 4 is 23.4 Å². The summed E-state index contributed by atoms with van der Waals surface area (Å²) in [4.78, 5) is 0. The molecule has 0 saturated carbocycles. The Morgan fingerprint density at radius 3 is 2.62 bits per heavy atom. The van der Waals surface area contributed by atoms with Crippen LogP contribution in [0.15, 0.2) is 4.42 Å². The molecule has 0 saturated heterocycles. The van der Waals surface area contributed by atoms with Crippen molar-refractivity contribution in [1.82, 2.24) is 10.2 Å². The van der Waals surface area contributed by atoms with Crippen LogP contribution < -0.4 is 0 Å². The first-order valence-corrected chi connectivity index (χ1v) is 6.16. The summed E-state index contributed by atoms with van der Waals surface area (Å²) >= 11 is 7.32. The number of rotatable bonds is 6. The molecule has 1 aromatic rings. The van der Waals surface area contributed by atoms with Crippen molar-refractivity contribution in [2.24, 2.45) is 0 Å². The van der Waals surface area contributed by atoms with E-state index in [9.17, 15) is 0 Å². The summed E-state index contributed by atoms with van der Waals surface area (Å²) in [6.07, 6.45) is 4.60. The van der Waals surface area contributed by atoms with Crippen molar-refractivity contribution in [3.05, 3.63) is 11.8 Å². The van der Waals surface area contributed by atoms with Gasteiger partial charge in [0.15, 0.2) is 0 Å². The summed E-state index contributed by atoms with van der Waals surface area (Å²) in [7, 11) is 0. The third-order valence-electron chi connectivity index (χ3n) is 1.55.